The number of carbonyl (C=O) groups excluding carboxylic acids is 1. The van der Waals surface area contributed by atoms with Crippen molar-refractivity contribution in [1.82, 2.24) is 19.7 Å². The molecule has 27 heavy (non-hydrogen) atoms. The highest BCUT2D eigenvalue weighted by Crippen LogP contribution is 2.29. The van der Waals surface area contributed by atoms with Crippen molar-refractivity contribution < 1.29 is 9.53 Å². The van der Waals surface area contributed by atoms with Gasteiger partial charge < -0.3 is 4.74 Å². The molecule has 0 unspecified atom stereocenters. The van der Waals surface area contributed by atoms with Gasteiger partial charge in [-0.25, -0.2) is 4.98 Å². The Balaban J connectivity index is 1.77. The first-order valence-electron chi connectivity index (χ1n) is 9.26. The van der Waals surface area contributed by atoms with Crippen molar-refractivity contribution in [2.75, 3.05) is 19.8 Å². The molecule has 0 aliphatic carbocycles. The maximum atomic E-state index is 12.0. The molecule has 6 nitrogen and oxygen atoms in total. The van der Waals surface area contributed by atoms with Gasteiger partial charge in [0.25, 0.3) is 0 Å². The van der Waals surface area contributed by atoms with Gasteiger partial charge in [-0.05, 0) is 30.2 Å². The lowest BCUT2D eigenvalue weighted by atomic mass is 10.00. The Morgan fingerprint density at radius 3 is 2.89 bits per heavy atom. The lowest BCUT2D eigenvalue weighted by Gasteiger charge is -2.33. The first-order chi connectivity index (χ1) is 13.0. The molecule has 1 saturated heterocycles. The molecule has 6 heteroatoms. The third-order valence-corrected chi connectivity index (χ3v) is 5.14. The van der Waals surface area contributed by atoms with E-state index in [1.54, 1.807) is 11.6 Å². The number of morpholine rings is 1. The standard InChI is InChI=1S/C21H24N4O2/c1-14-13-27-7-6-25(14)11-16-4-5-18-19(17-10-22-24(3)12-17)9-20(15(2)26)23-21(18)8-16/h4-5,8-10,12,14H,6-7,11,13H2,1-3H3/t14-/m0/s1. The molecule has 1 aliphatic rings. The Bertz CT molecular complexity index is 995. The fourth-order valence-corrected chi connectivity index (χ4v) is 3.58. The van der Waals surface area contributed by atoms with E-state index in [4.69, 9.17) is 4.74 Å². The van der Waals surface area contributed by atoms with Crippen LogP contribution in [0.1, 0.15) is 29.9 Å². The number of Topliss-reactive ketones (excluding diaryl/α,β-unsaturated/α-hetero) is 1. The molecule has 0 bridgehead atoms. The number of fused-ring (bicyclic) bond motifs is 1. The van der Waals surface area contributed by atoms with Crippen LogP contribution in [0.25, 0.3) is 22.0 Å². The molecule has 4 rings (SSSR count). The molecule has 1 aromatic carbocycles. The monoisotopic (exact) mass is 364 g/mol. The Morgan fingerprint density at radius 2 is 2.19 bits per heavy atom. The summed E-state index contributed by atoms with van der Waals surface area (Å²) in [7, 11) is 1.89. The van der Waals surface area contributed by atoms with Crippen molar-refractivity contribution in [2.45, 2.75) is 26.4 Å². The van der Waals surface area contributed by atoms with E-state index < -0.39 is 0 Å². The van der Waals surface area contributed by atoms with E-state index >= 15 is 0 Å². The summed E-state index contributed by atoms with van der Waals surface area (Å²) in [6.45, 7) is 7.07. The van der Waals surface area contributed by atoms with Crippen molar-refractivity contribution in [3.63, 3.8) is 0 Å². The average molecular weight is 364 g/mol. The van der Waals surface area contributed by atoms with E-state index in [2.05, 4.69) is 40.1 Å². The Morgan fingerprint density at radius 1 is 1.33 bits per heavy atom. The normalized spacial score (nSPS) is 18.1. The summed E-state index contributed by atoms with van der Waals surface area (Å²) in [4.78, 5) is 19.1. The van der Waals surface area contributed by atoms with E-state index in [0.717, 1.165) is 48.3 Å². The first-order valence-corrected chi connectivity index (χ1v) is 9.26. The van der Waals surface area contributed by atoms with Crippen LogP contribution in [0.3, 0.4) is 0 Å². The third kappa shape index (κ3) is 3.63. The molecule has 1 fully saturated rings. The van der Waals surface area contributed by atoms with Gasteiger partial charge >= 0.3 is 0 Å². The first kappa shape index (κ1) is 17.8. The molecule has 3 aromatic rings. The molecule has 3 heterocycles. The second kappa shape index (κ2) is 7.21. The minimum absolute atomic E-state index is 0.0331. The number of aromatic nitrogens is 3. The molecule has 0 amide bonds. The van der Waals surface area contributed by atoms with Crippen LogP contribution >= 0.6 is 0 Å². The topological polar surface area (TPSA) is 60.2 Å². The summed E-state index contributed by atoms with van der Waals surface area (Å²) < 4.78 is 7.30. The van der Waals surface area contributed by atoms with Crippen molar-refractivity contribution in [3.8, 4) is 11.1 Å². The van der Waals surface area contributed by atoms with Crippen LogP contribution in [0, 0.1) is 0 Å². The summed E-state index contributed by atoms with van der Waals surface area (Å²) >= 11 is 0. The number of nitrogens with zero attached hydrogens (tertiary/aromatic N) is 4. The average Bonchev–Trinajstić information content (AvgIpc) is 3.08. The zero-order valence-electron chi connectivity index (χ0n) is 16.0. The van der Waals surface area contributed by atoms with Crippen LogP contribution in [-0.4, -0.2) is 51.2 Å². The number of ketones is 1. The van der Waals surface area contributed by atoms with Gasteiger partial charge in [0.15, 0.2) is 5.78 Å². The van der Waals surface area contributed by atoms with E-state index in [0.29, 0.717) is 11.7 Å². The largest absolute Gasteiger partial charge is 0.379 e. The third-order valence-electron chi connectivity index (χ3n) is 5.14. The fourth-order valence-electron chi connectivity index (χ4n) is 3.58. The molecule has 0 radical (unpaired) electrons. The number of rotatable bonds is 4. The molecular formula is C21H24N4O2. The molecule has 0 spiro atoms. The van der Waals surface area contributed by atoms with E-state index in [1.807, 2.05) is 25.5 Å². The van der Waals surface area contributed by atoms with Gasteiger partial charge in [0.1, 0.15) is 5.69 Å². The van der Waals surface area contributed by atoms with Gasteiger partial charge in [0.2, 0.25) is 0 Å². The summed E-state index contributed by atoms with van der Waals surface area (Å²) in [5, 5.41) is 5.30. The lowest BCUT2D eigenvalue weighted by Crippen LogP contribution is -2.42. The number of pyridine rings is 1. The second-order valence-electron chi connectivity index (χ2n) is 7.26. The highest BCUT2D eigenvalue weighted by Gasteiger charge is 2.19. The van der Waals surface area contributed by atoms with Crippen LogP contribution < -0.4 is 0 Å². The van der Waals surface area contributed by atoms with Crippen molar-refractivity contribution >= 4 is 16.7 Å². The van der Waals surface area contributed by atoms with Crippen LogP contribution in [0.2, 0.25) is 0 Å². The molecule has 0 N–H and O–H groups in total. The van der Waals surface area contributed by atoms with Crippen LogP contribution in [0.4, 0.5) is 0 Å². The summed E-state index contributed by atoms with van der Waals surface area (Å²) in [5.41, 5.74) is 4.51. The van der Waals surface area contributed by atoms with E-state index in [1.165, 1.54) is 5.56 Å². The minimum Gasteiger partial charge on any atom is -0.379 e. The lowest BCUT2D eigenvalue weighted by molar-refractivity contribution is -0.00435. The smallest absolute Gasteiger partial charge is 0.178 e. The predicted octanol–water partition coefficient (Wildman–Crippen LogP) is 3.06. The highest BCUT2D eigenvalue weighted by atomic mass is 16.5. The SMILES string of the molecule is CC(=O)c1cc(-c2cnn(C)c2)c2ccc(CN3CCOC[C@@H]3C)cc2n1. The number of aryl methyl sites for hydroxylation is 1. The molecule has 1 atom stereocenters. The zero-order valence-corrected chi connectivity index (χ0v) is 16.0. The van der Waals surface area contributed by atoms with E-state index in [9.17, 15) is 4.79 Å². The predicted molar refractivity (Wildman–Crippen MR) is 105 cm³/mol. The van der Waals surface area contributed by atoms with Gasteiger partial charge in [-0.3, -0.25) is 14.4 Å². The molecule has 1 aliphatic heterocycles. The quantitative estimate of drug-likeness (QED) is 0.666. The Hall–Kier alpha value is -2.57. The van der Waals surface area contributed by atoms with E-state index in [-0.39, 0.29) is 5.78 Å². The van der Waals surface area contributed by atoms with Gasteiger partial charge in [-0.1, -0.05) is 12.1 Å². The number of hydrogen-bond donors (Lipinski definition) is 0. The van der Waals surface area contributed by atoms with Gasteiger partial charge in [-0.15, -0.1) is 0 Å². The van der Waals surface area contributed by atoms with Gasteiger partial charge in [-0.2, -0.15) is 5.10 Å². The molecule has 2 aromatic heterocycles. The number of ether oxygens (including phenoxy) is 1. The summed E-state index contributed by atoms with van der Waals surface area (Å²) in [5.74, 6) is -0.0331. The fraction of sp³-hybridized carbons (Fsp3) is 0.381. The summed E-state index contributed by atoms with van der Waals surface area (Å²) in [6, 6.07) is 8.63. The van der Waals surface area contributed by atoms with Gasteiger partial charge in [0, 0.05) is 50.2 Å². The van der Waals surface area contributed by atoms with Crippen molar-refractivity contribution in [2.24, 2.45) is 7.05 Å². The second-order valence-corrected chi connectivity index (χ2v) is 7.26. The maximum absolute atomic E-state index is 12.0. The van der Waals surface area contributed by atoms with Crippen molar-refractivity contribution in [1.29, 1.82) is 0 Å². The minimum atomic E-state index is -0.0331. The Kier molecular flexibility index (Phi) is 4.76. The highest BCUT2D eigenvalue weighted by molar-refractivity contribution is 6.01. The zero-order chi connectivity index (χ0) is 19.0. The number of carbonyl (C=O) groups is 1. The molecule has 140 valence electrons. The van der Waals surface area contributed by atoms with Crippen LogP contribution in [0.5, 0.6) is 0 Å². The summed E-state index contributed by atoms with van der Waals surface area (Å²) in [6.07, 6.45) is 3.78. The molecular weight excluding hydrogens is 340 g/mol. The molecule has 0 saturated carbocycles. The van der Waals surface area contributed by atoms with Gasteiger partial charge in [0.05, 0.1) is 24.9 Å². The van der Waals surface area contributed by atoms with Crippen LogP contribution in [0.15, 0.2) is 36.7 Å². The van der Waals surface area contributed by atoms with Crippen LogP contribution in [-0.2, 0) is 18.3 Å². The number of hydrogen-bond acceptors (Lipinski definition) is 5. The Labute approximate surface area is 158 Å². The van der Waals surface area contributed by atoms with Crippen molar-refractivity contribution in [3.05, 3.63) is 47.9 Å². The number of benzene rings is 1. The maximum Gasteiger partial charge on any atom is 0.178 e.